The van der Waals surface area contributed by atoms with Crippen molar-refractivity contribution in [2.45, 2.75) is 25.2 Å². The molecule has 2 saturated carbocycles. The summed E-state index contributed by atoms with van der Waals surface area (Å²) >= 11 is 0. The number of fused-ring (bicyclic) bond motifs is 1. The van der Waals surface area contributed by atoms with Crippen molar-refractivity contribution >= 4 is 0 Å². The number of alkyl halides is 2. The van der Waals surface area contributed by atoms with Crippen molar-refractivity contribution < 1.29 is 8.78 Å². The third-order valence-corrected chi connectivity index (χ3v) is 3.16. The number of nitrogens with two attached hydrogens (primary N) is 1. The number of hydrogen-bond donors (Lipinski definition) is 1. The summed E-state index contributed by atoms with van der Waals surface area (Å²) in [6.45, 7) is 0.441. The maximum absolute atomic E-state index is 12.9. The van der Waals surface area contributed by atoms with E-state index in [4.69, 9.17) is 5.73 Å². The van der Waals surface area contributed by atoms with Crippen LogP contribution in [-0.4, -0.2) is 12.5 Å². The average molecular weight is 161 g/mol. The molecule has 0 aromatic carbocycles. The SMILES string of the molecule is NCC1CCCC2C1C2(F)F. The van der Waals surface area contributed by atoms with E-state index in [1.807, 2.05) is 0 Å². The summed E-state index contributed by atoms with van der Waals surface area (Å²) in [5.74, 6) is -2.93. The van der Waals surface area contributed by atoms with Gasteiger partial charge in [0.1, 0.15) is 0 Å². The molecule has 2 aliphatic rings. The van der Waals surface area contributed by atoms with Crippen molar-refractivity contribution in [3.63, 3.8) is 0 Å². The van der Waals surface area contributed by atoms with Gasteiger partial charge in [-0.3, -0.25) is 0 Å². The van der Waals surface area contributed by atoms with Crippen molar-refractivity contribution in [1.29, 1.82) is 0 Å². The summed E-state index contributed by atoms with van der Waals surface area (Å²) < 4.78 is 25.8. The molecule has 11 heavy (non-hydrogen) atoms. The molecule has 0 radical (unpaired) electrons. The summed E-state index contributed by atoms with van der Waals surface area (Å²) in [5.41, 5.74) is 5.41. The second kappa shape index (κ2) is 2.16. The van der Waals surface area contributed by atoms with Gasteiger partial charge in [-0.05, 0) is 25.3 Å². The summed E-state index contributed by atoms with van der Waals surface area (Å²) in [6, 6.07) is 0. The van der Waals surface area contributed by atoms with E-state index in [2.05, 4.69) is 0 Å². The molecule has 2 N–H and O–H groups in total. The molecule has 2 fully saturated rings. The van der Waals surface area contributed by atoms with Gasteiger partial charge in [0, 0.05) is 11.8 Å². The molecule has 2 aliphatic carbocycles. The van der Waals surface area contributed by atoms with Gasteiger partial charge >= 0.3 is 0 Å². The first-order valence-corrected chi connectivity index (χ1v) is 4.25. The van der Waals surface area contributed by atoms with Gasteiger partial charge in [-0.25, -0.2) is 8.78 Å². The van der Waals surface area contributed by atoms with Crippen LogP contribution in [0.2, 0.25) is 0 Å². The zero-order valence-electron chi connectivity index (χ0n) is 6.39. The lowest BCUT2D eigenvalue weighted by molar-refractivity contribution is 0.0778. The van der Waals surface area contributed by atoms with E-state index in [1.54, 1.807) is 0 Å². The summed E-state index contributed by atoms with van der Waals surface area (Å²) in [6.07, 6.45) is 2.57. The molecule has 2 rings (SSSR count). The zero-order valence-corrected chi connectivity index (χ0v) is 6.39. The van der Waals surface area contributed by atoms with Gasteiger partial charge in [0.05, 0.1) is 0 Å². The summed E-state index contributed by atoms with van der Waals surface area (Å²) in [7, 11) is 0. The van der Waals surface area contributed by atoms with Gasteiger partial charge in [-0.2, -0.15) is 0 Å². The molecule has 0 bridgehead atoms. The molecule has 3 heteroatoms. The number of hydrogen-bond acceptors (Lipinski definition) is 1. The highest BCUT2D eigenvalue weighted by Gasteiger charge is 2.70. The predicted octanol–water partition coefficient (Wildman–Crippen LogP) is 1.63. The van der Waals surface area contributed by atoms with E-state index in [9.17, 15) is 8.78 Å². The normalized spacial score (nSPS) is 46.6. The molecule has 0 amide bonds. The van der Waals surface area contributed by atoms with E-state index in [-0.39, 0.29) is 17.8 Å². The van der Waals surface area contributed by atoms with Gasteiger partial charge in [-0.15, -0.1) is 0 Å². The van der Waals surface area contributed by atoms with Crippen LogP contribution < -0.4 is 5.73 Å². The molecular formula is C8H13F2N. The highest BCUT2D eigenvalue weighted by atomic mass is 19.3. The molecule has 0 spiro atoms. The van der Waals surface area contributed by atoms with E-state index in [0.717, 1.165) is 12.8 Å². The van der Waals surface area contributed by atoms with Crippen LogP contribution in [-0.2, 0) is 0 Å². The van der Waals surface area contributed by atoms with Crippen molar-refractivity contribution in [1.82, 2.24) is 0 Å². The fourth-order valence-electron chi connectivity index (χ4n) is 2.48. The van der Waals surface area contributed by atoms with Crippen molar-refractivity contribution in [3.8, 4) is 0 Å². The quantitative estimate of drug-likeness (QED) is 0.621. The third kappa shape index (κ3) is 0.901. The minimum atomic E-state index is -2.36. The first-order valence-electron chi connectivity index (χ1n) is 4.25. The summed E-state index contributed by atoms with van der Waals surface area (Å²) in [4.78, 5) is 0. The lowest BCUT2D eigenvalue weighted by Gasteiger charge is -2.16. The number of rotatable bonds is 1. The monoisotopic (exact) mass is 161 g/mol. The van der Waals surface area contributed by atoms with E-state index >= 15 is 0 Å². The Morgan fingerprint density at radius 2 is 2.09 bits per heavy atom. The molecule has 0 aromatic heterocycles. The van der Waals surface area contributed by atoms with Crippen molar-refractivity contribution in [2.24, 2.45) is 23.5 Å². The lowest BCUT2D eigenvalue weighted by atomic mass is 9.89. The van der Waals surface area contributed by atoms with Crippen LogP contribution in [0.5, 0.6) is 0 Å². The fourth-order valence-corrected chi connectivity index (χ4v) is 2.48. The van der Waals surface area contributed by atoms with Crippen LogP contribution in [0, 0.1) is 17.8 Å². The Balaban J connectivity index is 2.07. The van der Waals surface area contributed by atoms with Crippen molar-refractivity contribution in [3.05, 3.63) is 0 Å². The van der Waals surface area contributed by atoms with Gasteiger partial charge in [0.15, 0.2) is 0 Å². The molecule has 64 valence electrons. The first-order chi connectivity index (χ1) is 5.18. The maximum atomic E-state index is 12.9. The number of halogens is 2. The Bertz CT molecular complexity index is 169. The predicted molar refractivity (Wildman–Crippen MR) is 38.3 cm³/mol. The van der Waals surface area contributed by atoms with Crippen LogP contribution in [0.4, 0.5) is 8.78 Å². The van der Waals surface area contributed by atoms with Crippen LogP contribution in [0.15, 0.2) is 0 Å². The van der Waals surface area contributed by atoms with Crippen LogP contribution in [0.1, 0.15) is 19.3 Å². The smallest absolute Gasteiger partial charge is 0.254 e. The Morgan fingerprint density at radius 1 is 1.36 bits per heavy atom. The third-order valence-electron chi connectivity index (χ3n) is 3.16. The minimum absolute atomic E-state index is 0.101. The largest absolute Gasteiger partial charge is 0.330 e. The molecule has 1 nitrogen and oxygen atoms in total. The minimum Gasteiger partial charge on any atom is -0.330 e. The van der Waals surface area contributed by atoms with E-state index < -0.39 is 5.92 Å². The highest BCUT2D eigenvalue weighted by molar-refractivity contribution is 5.10. The standard InChI is InChI=1S/C8H13F2N/c9-8(10)6-3-1-2-5(4-11)7(6)8/h5-7H,1-4,11H2. The molecule has 0 aromatic rings. The Labute approximate surface area is 65.0 Å². The van der Waals surface area contributed by atoms with Crippen LogP contribution in [0.25, 0.3) is 0 Å². The van der Waals surface area contributed by atoms with Crippen LogP contribution in [0.3, 0.4) is 0 Å². The molecule has 0 saturated heterocycles. The molecule has 3 unspecified atom stereocenters. The summed E-state index contributed by atoms with van der Waals surface area (Å²) in [5, 5.41) is 0. The zero-order chi connectivity index (χ0) is 8.06. The Morgan fingerprint density at radius 3 is 2.64 bits per heavy atom. The van der Waals surface area contributed by atoms with Gasteiger partial charge in [0.25, 0.3) is 5.92 Å². The topological polar surface area (TPSA) is 26.0 Å². The average Bonchev–Trinajstić information content (AvgIpc) is 2.56. The second-order valence-electron chi connectivity index (χ2n) is 3.73. The maximum Gasteiger partial charge on any atom is 0.254 e. The molecule has 3 atom stereocenters. The van der Waals surface area contributed by atoms with Gasteiger partial charge in [0.2, 0.25) is 0 Å². The van der Waals surface area contributed by atoms with E-state index in [0.29, 0.717) is 13.0 Å². The molecule has 0 heterocycles. The highest BCUT2D eigenvalue weighted by Crippen LogP contribution is 2.64. The van der Waals surface area contributed by atoms with Crippen LogP contribution >= 0.6 is 0 Å². The van der Waals surface area contributed by atoms with Gasteiger partial charge in [-0.1, -0.05) is 6.42 Å². The Hall–Kier alpha value is -0.180. The fraction of sp³-hybridized carbons (Fsp3) is 1.00. The van der Waals surface area contributed by atoms with Crippen molar-refractivity contribution in [2.75, 3.05) is 6.54 Å². The Kier molecular flexibility index (Phi) is 1.46. The van der Waals surface area contributed by atoms with E-state index in [1.165, 1.54) is 0 Å². The lowest BCUT2D eigenvalue weighted by Crippen LogP contribution is -2.20. The first kappa shape index (κ1) is 7.47. The molecule has 0 aliphatic heterocycles. The van der Waals surface area contributed by atoms with Gasteiger partial charge < -0.3 is 5.73 Å². The second-order valence-corrected chi connectivity index (χ2v) is 3.73. The molecular weight excluding hydrogens is 148 g/mol.